The first kappa shape index (κ1) is 23.4. The molecule has 1 aliphatic heterocycles. The average molecular weight is 473 g/mol. The van der Waals surface area contributed by atoms with Crippen molar-refractivity contribution in [1.82, 2.24) is 20.4 Å². The summed E-state index contributed by atoms with van der Waals surface area (Å²) in [6.45, 7) is 1.35. The number of rotatable bonds is 5. The predicted molar refractivity (Wildman–Crippen MR) is 126 cm³/mol. The van der Waals surface area contributed by atoms with Crippen LogP contribution in [0.5, 0.6) is 0 Å². The van der Waals surface area contributed by atoms with Gasteiger partial charge in [0.25, 0.3) is 5.91 Å². The monoisotopic (exact) mass is 472 g/mol. The van der Waals surface area contributed by atoms with Crippen molar-refractivity contribution in [1.29, 1.82) is 0 Å². The average Bonchev–Trinajstić information content (AvgIpc) is 3.56. The molecule has 2 N–H and O–H groups in total. The van der Waals surface area contributed by atoms with Gasteiger partial charge in [-0.05, 0) is 73.2 Å². The molecule has 1 saturated heterocycles. The van der Waals surface area contributed by atoms with Gasteiger partial charge in [-0.2, -0.15) is 5.10 Å². The summed E-state index contributed by atoms with van der Waals surface area (Å²) in [6.07, 6.45) is 4.77. The third-order valence-electron chi connectivity index (χ3n) is 6.60. The topological polar surface area (TPSA) is 59.0 Å². The maximum Gasteiger partial charge on any atom is 0.251 e. The molecule has 8 heteroatoms. The molecule has 0 radical (unpaired) electrons. The number of halogens is 3. The molecule has 174 valence electrons. The van der Waals surface area contributed by atoms with Gasteiger partial charge in [0.05, 0.1) is 5.69 Å². The van der Waals surface area contributed by atoms with Gasteiger partial charge < -0.3 is 10.6 Å². The molecule has 0 bridgehead atoms. The second-order valence-electron chi connectivity index (χ2n) is 8.77. The van der Waals surface area contributed by atoms with Gasteiger partial charge in [0, 0.05) is 42.9 Å². The number of amides is 1. The minimum Gasteiger partial charge on any atom is -0.347 e. The van der Waals surface area contributed by atoms with Gasteiger partial charge in [0.1, 0.15) is 0 Å². The smallest absolute Gasteiger partial charge is 0.251 e. The maximum atomic E-state index is 13.8. The number of benzene rings is 2. The number of nitrogens with one attached hydrogen (secondary N) is 2. The van der Waals surface area contributed by atoms with E-state index in [1.54, 1.807) is 12.3 Å². The Morgan fingerprint density at radius 2 is 1.91 bits per heavy atom. The minimum absolute atomic E-state index is 0. The molecule has 0 spiro atoms. The van der Waals surface area contributed by atoms with Crippen LogP contribution in [-0.2, 0) is 7.05 Å². The normalized spacial score (nSPS) is 20.2. The second kappa shape index (κ2) is 9.61. The Labute approximate surface area is 198 Å². The third-order valence-corrected chi connectivity index (χ3v) is 6.60. The number of hydrogen-bond donors (Lipinski definition) is 2. The van der Waals surface area contributed by atoms with E-state index in [0.717, 1.165) is 43.1 Å². The van der Waals surface area contributed by atoms with Crippen LogP contribution in [0.4, 0.5) is 8.78 Å². The zero-order valence-electron chi connectivity index (χ0n) is 18.4. The minimum atomic E-state index is -0.857. The molecule has 1 aliphatic carbocycles. The largest absolute Gasteiger partial charge is 0.347 e. The van der Waals surface area contributed by atoms with Gasteiger partial charge in [-0.3, -0.25) is 9.48 Å². The highest BCUT2D eigenvalue weighted by molar-refractivity contribution is 5.95. The predicted octanol–water partition coefficient (Wildman–Crippen LogP) is 4.54. The molecular formula is C25H27ClF2N4O. The van der Waals surface area contributed by atoms with Crippen LogP contribution in [0.3, 0.4) is 0 Å². The standard InChI is InChI=1S/C25H26F2N4O.ClH/c1-31-24(9-11-29-31)19-6-4-17(12-20(19)15-2-3-15)25(32)30-23-14-28-10-8-18(23)16-5-7-21(26)22(27)13-16;/h4-7,9,11-13,15,18,23,28H,2-3,8,10,14H2,1H3,(H,30,32);1H/t18-,23+;/m0./s1. The van der Waals surface area contributed by atoms with E-state index in [-0.39, 0.29) is 30.3 Å². The van der Waals surface area contributed by atoms with Crippen LogP contribution in [0.25, 0.3) is 11.3 Å². The fourth-order valence-corrected chi connectivity index (χ4v) is 4.71. The van der Waals surface area contributed by atoms with E-state index in [0.29, 0.717) is 23.6 Å². The number of aryl methyl sites for hydroxylation is 1. The lowest BCUT2D eigenvalue weighted by Crippen LogP contribution is -2.50. The summed E-state index contributed by atoms with van der Waals surface area (Å²) in [7, 11) is 1.92. The van der Waals surface area contributed by atoms with Crippen LogP contribution in [-0.4, -0.2) is 34.8 Å². The number of carbonyl (C=O) groups excluding carboxylic acids is 1. The SMILES string of the molecule is Cl.Cn1nccc1-c1ccc(C(=O)N[C@@H]2CNCC[C@H]2c2ccc(F)c(F)c2)cc1C1CC1. The Bertz CT molecular complexity index is 1160. The van der Waals surface area contributed by atoms with E-state index < -0.39 is 11.6 Å². The van der Waals surface area contributed by atoms with Gasteiger partial charge in [-0.1, -0.05) is 12.1 Å². The van der Waals surface area contributed by atoms with Crippen molar-refractivity contribution >= 4 is 18.3 Å². The lowest BCUT2D eigenvalue weighted by atomic mass is 9.85. The highest BCUT2D eigenvalue weighted by atomic mass is 35.5. The quantitative estimate of drug-likeness (QED) is 0.573. The maximum absolute atomic E-state index is 13.8. The Hall–Kier alpha value is -2.77. The van der Waals surface area contributed by atoms with Crippen LogP contribution >= 0.6 is 12.4 Å². The molecule has 1 amide bonds. The molecule has 2 aliphatic rings. The zero-order chi connectivity index (χ0) is 22.2. The van der Waals surface area contributed by atoms with Gasteiger partial charge >= 0.3 is 0 Å². The molecule has 2 heterocycles. The zero-order valence-corrected chi connectivity index (χ0v) is 19.2. The van der Waals surface area contributed by atoms with Gasteiger partial charge in [-0.15, -0.1) is 12.4 Å². The molecule has 1 aromatic heterocycles. The molecule has 0 unspecified atom stereocenters. The molecule has 33 heavy (non-hydrogen) atoms. The summed E-state index contributed by atoms with van der Waals surface area (Å²) >= 11 is 0. The molecule has 2 aromatic carbocycles. The van der Waals surface area contributed by atoms with Crippen LogP contribution in [0, 0.1) is 11.6 Å². The number of hydrogen-bond acceptors (Lipinski definition) is 3. The Balaban J connectivity index is 0.00000259. The van der Waals surface area contributed by atoms with Crippen molar-refractivity contribution in [3.63, 3.8) is 0 Å². The van der Waals surface area contributed by atoms with E-state index in [4.69, 9.17) is 0 Å². The number of aromatic nitrogens is 2. The number of nitrogens with zero attached hydrogens (tertiary/aromatic N) is 2. The molecular weight excluding hydrogens is 446 g/mol. The first-order chi connectivity index (χ1) is 15.5. The van der Waals surface area contributed by atoms with Crippen LogP contribution in [0.2, 0.25) is 0 Å². The summed E-state index contributed by atoms with van der Waals surface area (Å²) in [5, 5.41) is 10.7. The van der Waals surface area contributed by atoms with Crippen LogP contribution in [0.15, 0.2) is 48.7 Å². The van der Waals surface area contributed by atoms with Crippen molar-refractivity contribution in [2.45, 2.75) is 37.1 Å². The van der Waals surface area contributed by atoms with Crippen molar-refractivity contribution in [3.05, 3.63) is 77.0 Å². The summed E-state index contributed by atoms with van der Waals surface area (Å²) in [4.78, 5) is 13.2. The Morgan fingerprint density at radius 3 is 2.61 bits per heavy atom. The molecule has 1 saturated carbocycles. The summed E-state index contributed by atoms with van der Waals surface area (Å²) in [5.74, 6) is -1.47. The van der Waals surface area contributed by atoms with Gasteiger partial charge in [0.2, 0.25) is 0 Å². The molecule has 3 aromatic rings. The first-order valence-corrected chi connectivity index (χ1v) is 11.1. The van der Waals surface area contributed by atoms with E-state index in [9.17, 15) is 13.6 Å². The second-order valence-corrected chi connectivity index (χ2v) is 8.77. The fourth-order valence-electron chi connectivity index (χ4n) is 4.71. The first-order valence-electron chi connectivity index (χ1n) is 11.1. The van der Waals surface area contributed by atoms with E-state index >= 15 is 0 Å². The molecule has 2 atom stereocenters. The number of carbonyl (C=O) groups is 1. The third kappa shape index (κ3) is 4.80. The summed E-state index contributed by atoms with van der Waals surface area (Å²) < 4.78 is 29.1. The Kier molecular flexibility index (Phi) is 6.81. The summed E-state index contributed by atoms with van der Waals surface area (Å²) in [6, 6.07) is 11.7. The highest BCUT2D eigenvalue weighted by Gasteiger charge is 2.31. The fraction of sp³-hybridized carbons (Fsp3) is 0.360. The van der Waals surface area contributed by atoms with Crippen molar-refractivity contribution in [2.24, 2.45) is 7.05 Å². The highest BCUT2D eigenvalue weighted by Crippen LogP contribution is 2.44. The van der Waals surface area contributed by atoms with Crippen LogP contribution < -0.4 is 10.6 Å². The molecule has 5 rings (SSSR count). The lowest BCUT2D eigenvalue weighted by Gasteiger charge is -2.33. The van der Waals surface area contributed by atoms with E-state index in [1.165, 1.54) is 11.6 Å². The van der Waals surface area contributed by atoms with E-state index in [1.807, 2.05) is 36.0 Å². The molecule has 2 fully saturated rings. The number of piperidine rings is 1. The Morgan fingerprint density at radius 1 is 1.09 bits per heavy atom. The van der Waals surface area contributed by atoms with Crippen LogP contribution in [0.1, 0.15) is 52.6 Å². The lowest BCUT2D eigenvalue weighted by molar-refractivity contribution is 0.0924. The van der Waals surface area contributed by atoms with Crippen molar-refractivity contribution in [3.8, 4) is 11.3 Å². The van der Waals surface area contributed by atoms with Gasteiger partial charge in [-0.25, -0.2) is 8.78 Å². The van der Waals surface area contributed by atoms with Crippen molar-refractivity contribution < 1.29 is 13.6 Å². The summed E-state index contributed by atoms with van der Waals surface area (Å²) in [5.41, 5.74) is 4.66. The molecule has 5 nitrogen and oxygen atoms in total. The van der Waals surface area contributed by atoms with Gasteiger partial charge in [0.15, 0.2) is 11.6 Å². The van der Waals surface area contributed by atoms with E-state index in [2.05, 4.69) is 15.7 Å². The van der Waals surface area contributed by atoms with Crippen molar-refractivity contribution in [2.75, 3.05) is 13.1 Å².